The molecule has 0 radical (unpaired) electrons. The van der Waals surface area contributed by atoms with Crippen molar-refractivity contribution in [1.29, 1.82) is 0 Å². The molecule has 1 aromatic heterocycles. The normalized spacial score (nSPS) is 18.8. The molecule has 1 aliphatic heterocycles. The third kappa shape index (κ3) is 4.49. The van der Waals surface area contributed by atoms with Crippen molar-refractivity contribution in [2.45, 2.75) is 18.4 Å². The highest BCUT2D eigenvalue weighted by molar-refractivity contribution is 5.45. The fourth-order valence-corrected chi connectivity index (χ4v) is 3.00. The van der Waals surface area contributed by atoms with Gasteiger partial charge in [-0.1, -0.05) is 12.1 Å². The van der Waals surface area contributed by atoms with Gasteiger partial charge in [0.05, 0.1) is 4.92 Å². The van der Waals surface area contributed by atoms with E-state index in [1.54, 1.807) is 30.6 Å². The molecule has 0 spiro atoms. The first-order valence-corrected chi connectivity index (χ1v) is 8.17. The van der Waals surface area contributed by atoms with Crippen LogP contribution in [0.1, 0.15) is 18.2 Å². The molecule has 132 valence electrons. The van der Waals surface area contributed by atoms with Crippen LogP contribution in [0, 0.1) is 10.1 Å². The number of β-amino-alcohol motifs (C(OH)–C–C–N with tert-alkyl or cyclic N) is 1. The van der Waals surface area contributed by atoms with E-state index in [4.69, 9.17) is 4.74 Å². The highest BCUT2D eigenvalue weighted by atomic mass is 16.6. The van der Waals surface area contributed by atoms with Gasteiger partial charge >= 0.3 is 5.69 Å². The van der Waals surface area contributed by atoms with E-state index in [0.717, 1.165) is 25.3 Å². The minimum Gasteiger partial charge on any atom is -0.484 e. The van der Waals surface area contributed by atoms with E-state index in [1.165, 1.54) is 12.1 Å². The van der Waals surface area contributed by atoms with Crippen LogP contribution in [0.5, 0.6) is 5.75 Å². The van der Waals surface area contributed by atoms with E-state index in [2.05, 4.69) is 14.9 Å². The van der Waals surface area contributed by atoms with Crippen LogP contribution in [0.2, 0.25) is 0 Å². The number of nitrogens with zero attached hydrogens (tertiary/aromatic N) is 4. The second kappa shape index (κ2) is 8.00. The highest BCUT2D eigenvalue weighted by Crippen LogP contribution is 2.26. The number of likely N-dealkylation sites (tertiary alicyclic amines) is 1. The van der Waals surface area contributed by atoms with Gasteiger partial charge < -0.3 is 9.84 Å². The summed E-state index contributed by atoms with van der Waals surface area (Å²) in [5.74, 6) is 1.27. The quantitative estimate of drug-likeness (QED) is 0.601. The van der Waals surface area contributed by atoms with Crippen molar-refractivity contribution in [3.63, 3.8) is 0 Å². The standard InChI is InChI=1S/C17H20N4O4/c22-14(12-25-16-5-2-1-4-15(16)21(23)24)11-20-9-6-13(10-20)17-18-7-3-8-19-17/h1-5,7-8,13-14,22H,6,9-12H2. The molecule has 0 aliphatic carbocycles. The minimum absolute atomic E-state index is 0.00779. The summed E-state index contributed by atoms with van der Waals surface area (Å²) in [7, 11) is 0. The van der Waals surface area contributed by atoms with Crippen molar-refractivity contribution in [3.05, 3.63) is 58.7 Å². The summed E-state index contributed by atoms with van der Waals surface area (Å²) in [6.45, 7) is 2.09. The molecule has 1 N–H and O–H groups in total. The van der Waals surface area contributed by atoms with Crippen LogP contribution >= 0.6 is 0 Å². The number of nitro benzene ring substituents is 1. The first kappa shape index (κ1) is 17.2. The Morgan fingerprint density at radius 1 is 1.32 bits per heavy atom. The summed E-state index contributed by atoms with van der Waals surface area (Å²) >= 11 is 0. The van der Waals surface area contributed by atoms with Crippen molar-refractivity contribution in [2.75, 3.05) is 26.2 Å². The van der Waals surface area contributed by atoms with Crippen molar-refractivity contribution < 1.29 is 14.8 Å². The first-order chi connectivity index (χ1) is 12.1. The number of hydrogen-bond donors (Lipinski definition) is 1. The molecule has 0 saturated carbocycles. The largest absolute Gasteiger partial charge is 0.484 e. The van der Waals surface area contributed by atoms with E-state index < -0.39 is 11.0 Å². The predicted molar refractivity (Wildman–Crippen MR) is 90.4 cm³/mol. The number of rotatable bonds is 7. The zero-order chi connectivity index (χ0) is 17.6. The molecule has 0 bridgehead atoms. The lowest BCUT2D eigenvalue weighted by Crippen LogP contribution is -2.34. The lowest BCUT2D eigenvalue weighted by molar-refractivity contribution is -0.385. The van der Waals surface area contributed by atoms with Gasteiger partial charge in [0.15, 0.2) is 5.75 Å². The van der Waals surface area contributed by atoms with Gasteiger partial charge in [-0.25, -0.2) is 9.97 Å². The fraction of sp³-hybridized carbons (Fsp3) is 0.412. The maximum Gasteiger partial charge on any atom is 0.310 e. The number of benzene rings is 1. The molecular formula is C17H20N4O4. The number of aliphatic hydroxyl groups excluding tert-OH is 1. The molecule has 3 rings (SSSR count). The first-order valence-electron chi connectivity index (χ1n) is 8.17. The van der Waals surface area contributed by atoms with Crippen molar-refractivity contribution >= 4 is 5.69 Å². The van der Waals surface area contributed by atoms with E-state index in [-0.39, 0.29) is 24.0 Å². The van der Waals surface area contributed by atoms with Crippen LogP contribution in [0.15, 0.2) is 42.7 Å². The Bertz CT molecular complexity index is 713. The van der Waals surface area contributed by atoms with Gasteiger partial charge in [-0.05, 0) is 25.1 Å². The Kier molecular flexibility index (Phi) is 5.52. The highest BCUT2D eigenvalue weighted by Gasteiger charge is 2.27. The summed E-state index contributed by atoms with van der Waals surface area (Å²) < 4.78 is 5.44. The van der Waals surface area contributed by atoms with Gasteiger partial charge in [0.25, 0.3) is 0 Å². The number of para-hydroxylation sites is 2. The van der Waals surface area contributed by atoms with Crippen molar-refractivity contribution in [1.82, 2.24) is 14.9 Å². The summed E-state index contributed by atoms with van der Waals surface area (Å²) in [6, 6.07) is 7.95. The van der Waals surface area contributed by atoms with E-state index >= 15 is 0 Å². The van der Waals surface area contributed by atoms with Crippen LogP contribution in [0.25, 0.3) is 0 Å². The molecule has 2 atom stereocenters. The molecule has 25 heavy (non-hydrogen) atoms. The van der Waals surface area contributed by atoms with Crippen LogP contribution in [0.3, 0.4) is 0 Å². The van der Waals surface area contributed by atoms with Gasteiger partial charge in [-0.2, -0.15) is 0 Å². The number of nitro groups is 1. The third-order valence-electron chi connectivity index (χ3n) is 4.19. The Morgan fingerprint density at radius 3 is 2.84 bits per heavy atom. The van der Waals surface area contributed by atoms with Gasteiger partial charge in [-0.15, -0.1) is 0 Å². The number of aliphatic hydroxyl groups is 1. The van der Waals surface area contributed by atoms with Crippen molar-refractivity contribution in [2.24, 2.45) is 0 Å². The van der Waals surface area contributed by atoms with Gasteiger partial charge in [0.2, 0.25) is 0 Å². The molecule has 1 fully saturated rings. The predicted octanol–water partition coefficient (Wildman–Crippen LogP) is 1.61. The number of hydrogen-bond acceptors (Lipinski definition) is 7. The second-order valence-corrected chi connectivity index (χ2v) is 6.04. The average molecular weight is 344 g/mol. The van der Waals surface area contributed by atoms with Crippen LogP contribution in [0.4, 0.5) is 5.69 Å². The molecule has 8 nitrogen and oxygen atoms in total. The minimum atomic E-state index is -0.727. The van der Waals surface area contributed by atoms with Gasteiger partial charge in [0.1, 0.15) is 18.5 Å². The molecule has 1 saturated heterocycles. The topological polar surface area (TPSA) is 102 Å². The average Bonchev–Trinajstić information content (AvgIpc) is 3.09. The zero-order valence-corrected chi connectivity index (χ0v) is 13.7. The smallest absolute Gasteiger partial charge is 0.310 e. The van der Waals surface area contributed by atoms with Gasteiger partial charge in [0, 0.05) is 37.5 Å². The summed E-state index contributed by atoms with van der Waals surface area (Å²) in [5.41, 5.74) is -0.0998. The monoisotopic (exact) mass is 344 g/mol. The van der Waals surface area contributed by atoms with Crippen LogP contribution in [-0.4, -0.2) is 57.2 Å². The van der Waals surface area contributed by atoms with Crippen LogP contribution in [-0.2, 0) is 0 Å². The molecule has 1 aliphatic rings. The Hall–Kier alpha value is -2.58. The molecule has 8 heteroatoms. The molecule has 1 aromatic carbocycles. The lowest BCUT2D eigenvalue weighted by Gasteiger charge is -2.20. The Labute approximate surface area is 145 Å². The number of aromatic nitrogens is 2. The van der Waals surface area contributed by atoms with Crippen LogP contribution < -0.4 is 4.74 Å². The van der Waals surface area contributed by atoms with E-state index in [0.29, 0.717) is 6.54 Å². The van der Waals surface area contributed by atoms with E-state index in [1.807, 2.05) is 0 Å². The molecule has 2 unspecified atom stereocenters. The summed E-state index contributed by atoms with van der Waals surface area (Å²) in [6.07, 6.45) is 3.69. The second-order valence-electron chi connectivity index (χ2n) is 6.04. The maximum atomic E-state index is 11.0. The summed E-state index contributed by atoms with van der Waals surface area (Å²) in [4.78, 5) is 21.2. The SMILES string of the molecule is O=[N+]([O-])c1ccccc1OCC(O)CN1CCC(c2ncccn2)C1. The zero-order valence-electron chi connectivity index (χ0n) is 13.7. The fourth-order valence-electron chi connectivity index (χ4n) is 3.00. The molecule has 2 heterocycles. The molecule has 2 aromatic rings. The van der Waals surface area contributed by atoms with E-state index in [9.17, 15) is 15.2 Å². The molecular weight excluding hydrogens is 324 g/mol. The Morgan fingerprint density at radius 2 is 2.08 bits per heavy atom. The lowest BCUT2D eigenvalue weighted by atomic mass is 10.1. The maximum absolute atomic E-state index is 11.0. The Balaban J connectivity index is 1.49. The molecule has 0 amide bonds. The van der Waals surface area contributed by atoms with Crippen molar-refractivity contribution in [3.8, 4) is 5.75 Å². The third-order valence-corrected chi connectivity index (χ3v) is 4.19. The number of ether oxygens (including phenoxy) is 1. The summed E-state index contributed by atoms with van der Waals surface area (Å²) in [5, 5.41) is 21.1. The van der Waals surface area contributed by atoms with Gasteiger partial charge in [-0.3, -0.25) is 15.0 Å².